The Balaban J connectivity index is 1.85. The van der Waals surface area contributed by atoms with Gasteiger partial charge in [0.15, 0.2) is 5.78 Å². The molecule has 27 heavy (non-hydrogen) atoms. The highest BCUT2D eigenvalue weighted by molar-refractivity contribution is 6.30. The summed E-state index contributed by atoms with van der Waals surface area (Å²) in [5, 5.41) is 0.570. The predicted octanol–water partition coefficient (Wildman–Crippen LogP) is 3.49. The van der Waals surface area contributed by atoms with E-state index in [0.717, 1.165) is 38.0 Å². The molecule has 1 aromatic heterocycles. The zero-order valence-corrected chi connectivity index (χ0v) is 15.9. The molecule has 1 aliphatic heterocycles. The zero-order valence-electron chi connectivity index (χ0n) is 15.1. The molecule has 0 radical (unpaired) electrons. The summed E-state index contributed by atoms with van der Waals surface area (Å²) in [4.78, 5) is 32.7. The molecule has 0 saturated carbocycles. The van der Waals surface area contributed by atoms with E-state index in [-0.39, 0.29) is 18.4 Å². The van der Waals surface area contributed by atoms with E-state index in [1.54, 1.807) is 29.2 Å². The Labute approximate surface area is 163 Å². The summed E-state index contributed by atoms with van der Waals surface area (Å²) in [6.45, 7) is 1.76. The lowest BCUT2D eigenvalue weighted by Gasteiger charge is -2.33. The maximum atomic E-state index is 13.1. The van der Waals surface area contributed by atoms with Crippen LogP contribution >= 0.6 is 11.6 Å². The first kappa shape index (κ1) is 19.3. The number of halogens is 1. The van der Waals surface area contributed by atoms with Crippen LogP contribution in [-0.2, 0) is 6.54 Å². The van der Waals surface area contributed by atoms with E-state index in [2.05, 4.69) is 4.98 Å². The van der Waals surface area contributed by atoms with Crippen LogP contribution in [0.4, 0.5) is 10.5 Å². The van der Waals surface area contributed by atoms with Crippen LogP contribution in [0.1, 0.15) is 35.3 Å². The number of nitrogens with zero attached hydrogens (tertiary/aromatic N) is 3. The first-order valence-electron chi connectivity index (χ1n) is 9.08. The molecule has 2 N–H and O–H groups in total. The number of ketones is 1. The van der Waals surface area contributed by atoms with Crippen LogP contribution < -0.4 is 10.6 Å². The van der Waals surface area contributed by atoms with Crippen molar-refractivity contribution in [2.24, 2.45) is 5.73 Å². The molecule has 142 valence electrons. The van der Waals surface area contributed by atoms with Crippen molar-refractivity contribution in [2.45, 2.75) is 25.8 Å². The van der Waals surface area contributed by atoms with Gasteiger partial charge in [0.2, 0.25) is 0 Å². The normalized spacial score (nSPS) is 14.1. The van der Waals surface area contributed by atoms with Crippen LogP contribution in [0.15, 0.2) is 42.6 Å². The Bertz CT molecular complexity index is 804. The molecule has 2 aromatic rings. The van der Waals surface area contributed by atoms with Crippen LogP contribution in [0.25, 0.3) is 0 Å². The molecule has 2 heterocycles. The van der Waals surface area contributed by atoms with Crippen molar-refractivity contribution >= 4 is 29.1 Å². The fraction of sp³-hybridized carbons (Fsp3) is 0.350. The molecule has 0 bridgehead atoms. The van der Waals surface area contributed by atoms with E-state index in [1.807, 2.05) is 17.0 Å². The average Bonchev–Trinajstić information content (AvgIpc) is 2.72. The number of pyridine rings is 1. The summed E-state index contributed by atoms with van der Waals surface area (Å²) in [5.74, 6) is -0.162. The Kier molecular flexibility index (Phi) is 6.42. The van der Waals surface area contributed by atoms with Gasteiger partial charge in [-0.25, -0.2) is 4.79 Å². The summed E-state index contributed by atoms with van der Waals surface area (Å²) in [7, 11) is 0. The summed E-state index contributed by atoms with van der Waals surface area (Å²) < 4.78 is 0. The number of aromatic nitrogens is 1. The van der Waals surface area contributed by atoms with Gasteiger partial charge in [-0.15, -0.1) is 0 Å². The first-order valence-corrected chi connectivity index (χ1v) is 9.46. The second-order valence-electron chi connectivity index (χ2n) is 6.56. The Morgan fingerprint density at radius 3 is 2.56 bits per heavy atom. The van der Waals surface area contributed by atoms with Crippen molar-refractivity contribution in [1.82, 2.24) is 9.88 Å². The molecule has 3 rings (SSSR count). The number of amides is 2. The number of benzene rings is 1. The molecule has 1 aliphatic rings. The second-order valence-corrected chi connectivity index (χ2v) is 7.00. The number of hydrogen-bond donors (Lipinski definition) is 1. The van der Waals surface area contributed by atoms with E-state index in [4.69, 9.17) is 17.3 Å². The highest BCUT2D eigenvalue weighted by Gasteiger charge is 2.24. The van der Waals surface area contributed by atoms with E-state index in [0.29, 0.717) is 22.8 Å². The molecular weight excluding hydrogens is 364 g/mol. The maximum absolute atomic E-state index is 13.1. The summed E-state index contributed by atoms with van der Waals surface area (Å²) in [5.41, 5.74) is 7.27. The monoisotopic (exact) mass is 386 g/mol. The van der Waals surface area contributed by atoms with Crippen LogP contribution in [0.5, 0.6) is 0 Å². The molecule has 1 fully saturated rings. The average molecular weight is 387 g/mol. The lowest BCUT2D eigenvalue weighted by molar-refractivity contribution is 0.100. The molecule has 2 amide bonds. The van der Waals surface area contributed by atoms with Crippen molar-refractivity contribution in [3.8, 4) is 0 Å². The van der Waals surface area contributed by atoms with E-state index in [1.165, 1.54) is 6.20 Å². The minimum atomic E-state index is -0.162. The van der Waals surface area contributed by atoms with Gasteiger partial charge in [-0.1, -0.05) is 17.7 Å². The van der Waals surface area contributed by atoms with Gasteiger partial charge >= 0.3 is 6.03 Å². The highest BCUT2D eigenvalue weighted by Crippen LogP contribution is 2.24. The third kappa shape index (κ3) is 4.84. The molecule has 0 atom stereocenters. The number of nitrogens with two attached hydrogens (primary N) is 1. The number of Topliss-reactive ketones (excluding diaryl/α,β-unsaturated/α-hetero) is 1. The second kappa shape index (κ2) is 8.97. The SMILES string of the molecule is NCC(=O)c1ccc(CN(C(=O)N2CCCCC2)c2cccc(Cl)c2)nc1. The fourth-order valence-corrected chi connectivity index (χ4v) is 3.32. The first-order chi connectivity index (χ1) is 13.1. The molecule has 0 spiro atoms. The number of piperidine rings is 1. The summed E-state index contributed by atoms with van der Waals surface area (Å²) >= 11 is 6.14. The van der Waals surface area contributed by atoms with Crippen LogP contribution in [0, 0.1) is 0 Å². The smallest absolute Gasteiger partial charge is 0.324 e. The highest BCUT2D eigenvalue weighted by atomic mass is 35.5. The van der Waals surface area contributed by atoms with Crippen molar-refractivity contribution in [2.75, 3.05) is 24.5 Å². The lowest BCUT2D eigenvalue weighted by Crippen LogP contribution is -2.45. The number of carbonyl (C=O) groups is 2. The van der Waals surface area contributed by atoms with Gasteiger partial charge in [0.25, 0.3) is 0 Å². The van der Waals surface area contributed by atoms with Crippen LogP contribution in [0.2, 0.25) is 5.02 Å². The molecule has 7 heteroatoms. The Morgan fingerprint density at radius 1 is 1.15 bits per heavy atom. The number of carbonyl (C=O) groups excluding carboxylic acids is 2. The van der Waals surface area contributed by atoms with Gasteiger partial charge in [-0.05, 0) is 49.6 Å². The van der Waals surface area contributed by atoms with Crippen molar-refractivity contribution in [3.05, 3.63) is 58.9 Å². The standard InChI is InChI=1S/C20H23ClN4O2/c21-16-5-4-6-18(11-16)25(20(27)24-9-2-1-3-10-24)14-17-8-7-15(13-23-17)19(26)12-22/h4-8,11,13H,1-3,9-10,12,14,22H2. The predicted molar refractivity (Wildman–Crippen MR) is 106 cm³/mol. The largest absolute Gasteiger partial charge is 0.324 e. The van der Waals surface area contributed by atoms with E-state index < -0.39 is 0 Å². The Morgan fingerprint density at radius 2 is 1.93 bits per heavy atom. The van der Waals surface area contributed by atoms with Crippen molar-refractivity contribution in [1.29, 1.82) is 0 Å². The summed E-state index contributed by atoms with van der Waals surface area (Å²) in [6.07, 6.45) is 4.69. The fourth-order valence-electron chi connectivity index (χ4n) is 3.13. The van der Waals surface area contributed by atoms with Gasteiger partial charge in [-0.3, -0.25) is 14.7 Å². The lowest BCUT2D eigenvalue weighted by atomic mass is 10.1. The molecule has 0 unspecified atom stereocenters. The number of hydrogen-bond acceptors (Lipinski definition) is 4. The van der Waals surface area contributed by atoms with Crippen LogP contribution in [-0.4, -0.2) is 41.3 Å². The number of urea groups is 1. The quantitative estimate of drug-likeness (QED) is 0.797. The molecule has 0 aliphatic carbocycles. The third-order valence-corrected chi connectivity index (χ3v) is 4.86. The molecule has 1 saturated heterocycles. The van der Waals surface area contributed by atoms with Crippen LogP contribution in [0.3, 0.4) is 0 Å². The summed E-state index contributed by atoms with van der Waals surface area (Å²) in [6, 6.07) is 10.6. The molecular formula is C20H23ClN4O2. The third-order valence-electron chi connectivity index (χ3n) is 4.63. The molecule has 6 nitrogen and oxygen atoms in total. The number of likely N-dealkylation sites (tertiary alicyclic amines) is 1. The molecule has 1 aromatic carbocycles. The minimum Gasteiger partial charge on any atom is -0.324 e. The van der Waals surface area contributed by atoms with Gasteiger partial charge in [-0.2, -0.15) is 0 Å². The van der Waals surface area contributed by atoms with Gasteiger partial charge < -0.3 is 10.6 Å². The topological polar surface area (TPSA) is 79.5 Å². The Hall–Kier alpha value is -2.44. The van der Waals surface area contributed by atoms with Gasteiger partial charge in [0.1, 0.15) is 0 Å². The van der Waals surface area contributed by atoms with Gasteiger partial charge in [0, 0.05) is 35.6 Å². The van der Waals surface area contributed by atoms with Gasteiger partial charge in [0.05, 0.1) is 18.8 Å². The number of anilines is 1. The van der Waals surface area contributed by atoms with E-state index >= 15 is 0 Å². The number of rotatable bonds is 5. The zero-order chi connectivity index (χ0) is 19.2. The maximum Gasteiger partial charge on any atom is 0.324 e. The van der Waals surface area contributed by atoms with Crippen molar-refractivity contribution < 1.29 is 9.59 Å². The minimum absolute atomic E-state index is 0.0525. The van der Waals surface area contributed by atoms with E-state index in [9.17, 15) is 9.59 Å². The van der Waals surface area contributed by atoms with Crippen molar-refractivity contribution in [3.63, 3.8) is 0 Å².